The third kappa shape index (κ3) is 1.37. The number of nitrogens with two attached hydrogens (primary N) is 1. The third-order valence-electron chi connectivity index (χ3n) is 3.78. The number of nitrogens with one attached hydrogen (secondary N) is 1. The Bertz CT molecular complexity index is 749. The molecule has 2 aliphatic heterocycles. The molecule has 4 nitrogen and oxygen atoms in total. The maximum absolute atomic E-state index is 11.6. The number of benzene rings is 2. The molecule has 2 aromatic carbocycles. The predicted molar refractivity (Wildman–Crippen MR) is 71.4 cm³/mol. The molecule has 0 fully saturated rings. The van der Waals surface area contributed by atoms with E-state index in [1.165, 1.54) is 5.39 Å². The number of fused-ring (bicyclic) bond motifs is 4. The van der Waals surface area contributed by atoms with Crippen LogP contribution in [0.15, 0.2) is 47.7 Å². The first-order valence-corrected chi connectivity index (χ1v) is 6.21. The SMILES string of the molecule is NC1=C2Cc3c(ccc4ccccc34)OC2NC1=O. The van der Waals surface area contributed by atoms with Gasteiger partial charge in [0.15, 0.2) is 6.23 Å². The van der Waals surface area contributed by atoms with Crippen LogP contribution in [-0.2, 0) is 11.2 Å². The Labute approximate surface area is 109 Å². The van der Waals surface area contributed by atoms with E-state index < -0.39 is 6.23 Å². The molecule has 4 rings (SSSR count). The van der Waals surface area contributed by atoms with Crippen molar-refractivity contribution in [3.63, 3.8) is 0 Å². The monoisotopic (exact) mass is 252 g/mol. The maximum Gasteiger partial charge on any atom is 0.270 e. The van der Waals surface area contributed by atoms with Gasteiger partial charge >= 0.3 is 0 Å². The van der Waals surface area contributed by atoms with Crippen LogP contribution >= 0.6 is 0 Å². The topological polar surface area (TPSA) is 64.3 Å². The second-order valence-electron chi connectivity index (χ2n) is 4.85. The van der Waals surface area contributed by atoms with Crippen LogP contribution in [0.1, 0.15) is 5.56 Å². The molecule has 4 heteroatoms. The molecule has 0 radical (unpaired) electrons. The summed E-state index contributed by atoms with van der Waals surface area (Å²) in [5, 5.41) is 5.05. The van der Waals surface area contributed by atoms with E-state index in [4.69, 9.17) is 10.5 Å². The molecule has 1 amide bonds. The molecular formula is C15H12N2O2. The molecule has 1 unspecified atom stereocenters. The van der Waals surface area contributed by atoms with Gasteiger partial charge in [0.2, 0.25) is 0 Å². The number of amides is 1. The molecule has 2 aliphatic rings. The predicted octanol–water partition coefficient (Wildman–Crippen LogP) is 1.44. The average Bonchev–Trinajstić information content (AvgIpc) is 2.72. The van der Waals surface area contributed by atoms with Gasteiger partial charge in [0, 0.05) is 17.6 Å². The van der Waals surface area contributed by atoms with Gasteiger partial charge in [-0.2, -0.15) is 0 Å². The van der Waals surface area contributed by atoms with Crippen LogP contribution in [0.2, 0.25) is 0 Å². The van der Waals surface area contributed by atoms with Crippen molar-refractivity contribution >= 4 is 16.7 Å². The minimum absolute atomic E-state index is 0.239. The summed E-state index contributed by atoms with van der Waals surface area (Å²) >= 11 is 0. The van der Waals surface area contributed by atoms with Gasteiger partial charge in [-0.15, -0.1) is 0 Å². The van der Waals surface area contributed by atoms with Crippen LogP contribution in [0.4, 0.5) is 0 Å². The summed E-state index contributed by atoms with van der Waals surface area (Å²) in [6, 6.07) is 12.1. The van der Waals surface area contributed by atoms with Crippen LogP contribution in [-0.4, -0.2) is 12.1 Å². The largest absolute Gasteiger partial charge is 0.466 e. The molecule has 19 heavy (non-hydrogen) atoms. The van der Waals surface area contributed by atoms with Crippen LogP contribution < -0.4 is 15.8 Å². The van der Waals surface area contributed by atoms with E-state index in [0.717, 1.165) is 22.3 Å². The molecule has 0 saturated heterocycles. The number of hydrogen-bond donors (Lipinski definition) is 2. The smallest absolute Gasteiger partial charge is 0.270 e. The fourth-order valence-electron chi connectivity index (χ4n) is 2.79. The number of ether oxygens (including phenoxy) is 1. The van der Waals surface area contributed by atoms with E-state index >= 15 is 0 Å². The highest BCUT2D eigenvalue weighted by atomic mass is 16.5. The highest BCUT2D eigenvalue weighted by Crippen LogP contribution is 2.37. The van der Waals surface area contributed by atoms with Crippen LogP contribution in [0.3, 0.4) is 0 Å². The summed E-state index contributed by atoms with van der Waals surface area (Å²) < 4.78 is 5.83. The number of rotatable bonds is 0. The van der Waals surface area contributed by atoms with Gasteiger partial charge in [-0.3, -0.25) is 4.79 Å². The maximum atomic E-state index is 11.6. The Kier molecular flexibility index (Phi) is 1.93. The molecule has 0 aromatic heterocycles. The number of hydrogen-bond acceptors (Lipinski definition) is 3. The molecule has 2 heterocycles. The molecule has 1 atom stereocenters. The van der Waals surface area contributed by atoms with Crippen LogP contribution in [0, 0.1) is 0 Å². The standard InChI is InChI=1S/C15H12N2O2/c16-13-11-7-10-9-4-2-1-3-8(9)5-6-12(10)19-15(11)17-14(13)18/h1-6,15H,7,16H2,(H,17,18). The van der Waals surface area contributed by atoms with Crippen molar-refractivity contribution in [2.45, 2.75) is 12.6 Å². The summed E-state index contributed by atoms with van der Waals surface area (Å²) in [6.45, 7) is 0. The van der Waals surface area contributed by atoms with E-state index in [1.54, 1.807) is 0 Å². The van der Waals surface area contributed by atoms with Crippen LogP contribution in [0.5, 0.6) is 5.75 Å². The fourth-order valence-corrected chi connectivity index (χ4v) is 2.79. The van der Waals surface area contributed by atoms with E-state index in [2.05, 4.69) is 17.4 Å². The third-order valence-corrected chi connectivity index (χ3v) is 3.78. The number of carbonyl (C=O) groups is 1. The normalized spacial score (nSPS) is 20.8. The van der Waals surface area contributed by atoms with Gasteiger partial charge in [-0.1, -0.05) is 30.3 Å². The second-order valence-corrected chi connectivity index (χ2v) is 4.85. The summed E-state index contributed by atoms with van der Waals surface area (Å²) in [6.07, 6.45) is 0.257. The summed E-state index contributed by atoms with van der Waals surface area (Å²) in [7, 11) is 0. The van der Waals surface area contributed by atoms with Crippen LogP contribution in [0.25, 0.3) is 10.8 Å². The Morgan fingerprint density at radius 2 is 2.05 bits per heavy atom. The Hall–Kier alpha value is -2.49. The zero-order valence-corrected chi connectivity index (χ0v) is 10.1. The first kappa shape index (κ1) is 10.4. The lowest BCUT2D eigenvalue weighted by atomic mass is 9.94. The van der Waals surface area contributed by atoms with Crippen molar-refractivity contribution in [1.82, 2.24) is 5.32 Å². The van der Waals surface area contributed by atoms with E-state index in [0.29, 0.717) is 12.1 Å². The van der Waals surface area contributed by atoms with Crippen molar-refractivity contribution in [2.24, 2.45) is 5.73 Å². The van der Waals surface area contributed by atoms with Crippen molar-refractivity contribution in [1.29, 1.82) is 0 Å². The van der Waals surface area contributed by atoms with Crippen molar-refractivity contribution in [3.05, 3.63) is 53.2 Å². The summed E-state index contributed by atoms with van der Waals surface area (Å²) in [5.41, 5.74) is 8.06. The van der Waals surface area contributed by atoms with Gasteiger partial charge in [0.1, 0.15) is 11.4 Å². The molecule has 2 aromatic rings. The highest BCUT2D eigenvalue weighted by Gasteiger charge is 2.35. The molecule has 3 N–H and O–H groups in total. The molecule has 94 valence electrons. The first-order valence-electron chi connectivity index (χ1n) is 6.21. The van der Waals surface area contributed by atoms with E-state index in [1.807, 2.05) is 24.3 Å². The molecular weight excluding hydrogens is 240 g/mol. The Morgan fingerprint density at radius 1 is 1.21 bits per heavy atom. The fraction of sp³-hybridized carbons (Fsp3) is 0.133. The molecule has 0 aliphatic carbocycles. The van der Waals surface area contributed by atoms with Gasteiger partial charge in [-0.25, -0.2) is 0 Å². The lowest BCUT2D eigenvalue weighted by molar-refractivity contribution is -0.118. The summed E-state index contributed by atoms with van der Waals surface area (Å²) in [5.74, 6) is 0.583. The number of carbonyl (C=O) groups excluding carboxylic acids is 1. The average molecular weight is 252 g/mol. The molecule has 0 bridgehead atoms. The summed E-state index contributed by atoms with van der Waals surface area (Å²) in [4.78, 5) is 11.6. The van der Waals surface area contributed by atoms with Crippen molar-refractivity contribution < 1.29 is 9.53 Å². The van der Waals surface area contributed by atoms with Gasteiger partial charge < -0.3 is 15.8 Å². The zero-order valence-electron chi connectivity index (χ0n) is 10.1. The Morgan fingerprint density at radius 3 is 2.95 bits per heavy atom. The minimum atomic E-state index is -0.402. The van der Waals surface area contributed by atoms with Crippen molar-refractivity contribution in [3.8, 4) is 5.75 Å². The molecule has 0 spiro atoms. The van der Waals surface area contributed by atoms with Gasteiger partial charge in [-0.05, 0) is 16.8 Å². The first-order chi connectivity index (χ1) is 9.24. The second kappa shape index (κ2) is 3.51. The van der Waals surface area contributed by atoms with E-state index in [-0.39, 0.29) is 5.91 Å². The zero-order chi connectivity index (χ0) is 13.0. The van der Waals surface area contributed by atoms with Gasteiger partial charge in [0.25, 0.3) is 5.91 Å². The van der Waals surface area contributed by atoms with Crippen molar-refractivity contribution in [2.75, 3.05) is 0 Å². The highest BCUT2D eigenvalue weighted by molar-refractivity contribution is 5.97. The lowest BCUT2D eigenvalue weighted by Crippen LogP contribution is -2.36. The Balaban J connectivity index is 1.94. The minimum Gasteiger partial charge on any atom is -0.466 e. The quantitative estimate of drug-likeness (QED) is 0.745. The van der Waals surface area contributed by atoms with Gasteiger partial charge in [0.05, 0.1) is 0 Å². The molecule has 0 saturated carbocycles. The lowest BCUT2D eigenvalue weighted by Gasteiger charge is -2.26. The van der Waals surface area contributed by atoms with E-state index in [9.17, 15) is 4.79 Å².